The Labute approximate surface area is 178 Å². The Kier molecular flexibility index (Phi) is 4.82. The average molecular weight is 475 g/mol. The number of nitrogens with one attached hydrogen (secondary N) is 1. The lowest BCUT2D eigenvalue weighted by Crippen LogP contribution is -2.16. The zero-order valence-corrected chi connectivity index (χ0v) is 17.7. The summed E-state index contributed by atoms with van der Waals surface area (Å²) in [6, 6.07) is 12.7. The molecule has 1 aliphatic rings. The Hall–Kier alpha value is -2.48. The molecule has 0 spiro atoms. The molecule has 0 saturated heterocycles. The van der Waals surface area contributed by atoms with E-state index in [4.69, 9.17) is 23.8 Å². The highest BCUT2D eigenvalue weighted by molar-refractivity contribution is 9.10. The van der Waals surface area contributed by atoms with Crippen molar-refractivity contribution in [1.82, 2.24) is 9.55 Å². The standard InChI is InChI=1S/C20H13BrClN3O2S/c1-10-12(13-8-11(21)6-7-16(13)23-10)9-14-18(26)24-20(28)25(19(14)27)17-5-3-2-4-15(17)22/h2-9,27H,1H3,(H,24,26,28). The fraction of sp³-hybridized carbons (Fsp3) is 0.0500. The molecule has 0 radical (unpaired) electrons. The molecular formula is C20H13BrClN3O2S. The molecule has 2 N–H and O–H groups in total. The summed E-state index contributed by atoms with van der Waals surface area (Å²) in [7, 11) is 0. The molecular weight excluding hydrogens is 462 g/mol. The highest BCUT2D eigenvalue weighted by Gasteiger charge is 2.21. The second kappa shape index (κ2) is 7.16. The van der Waals surface area contributed by atoms with Crippen LogP contribution in [0.3, 0.4) is 0 Å². The minimum Gasteiger partial charge on any atom is -0.494 e. The molecule has 8 heteroatoms. The maximum absolute atomic E-state index is 12.6. The zero-order chi connectivity index (χ0) is 20.0. The predicted molar refractivity (Wildman–Crippen MR) is 119 cm³/mol. The van der Waals surface area contributed by atoms with E-state index in [-0.39, 0.29) is 16.2 Å². The summed E-state index contributed by atoms with van der Waals surface area (Å²) in [6.45, 7) is 1.86. The maximum Gasteiger partial charge on any atom is 0.262 e. The number of hydrogen-bond acceptors (Lipinski definition) is 4. The number of aromatic nitrogens is 2. The van der Waals surface area contributed by atoms with E-state index in [0.717, 1.165) is 27.0 Å². The smallest absolute Gasteiger partial charge is 0.262 e. The van der Waals surface area contributed by atoms with E-state index in [1.165, 1.54) is 4.57 Å². The van der Waals surface area contributed by atoms with E-state index >= 15 is 0 Å². The third-order valence-electron chi connectivity index (χ3n) is 4.43. The second-order valence-corrected chi connectivity index (χ2v) is 7.91. The van der Waals surface area contributed by atoms with Crippen molar-refractivity contribution in [1.29, 1.82) is 0 Å². The summed E-state index contributed by atoms with van der Waals surface area (Å²) in [5.74, 6) is -0.286. The van der Waals surface area contributed by atoms with Gasteiger partial charge < -0.3 is 5.11 Å². The van der Waals surface area contributed by atoms with Crippen molar-refractivity contribution in [3.8, 4) is 11.6 Å². The fourth-order valence-electron chi connectivity index (χ4n) is 3.11. The van der Waals surface area contributed by atoms with Crippen LogP contribution < -0.4 is 5.56 Å². The lowest BCUT2D eigenvalue weighted by atomic mass is 10.0. The summed E-state index contributed by atoms with van der Waals surface area (Å²) >= 11 is 15.0. The number of allylic oxidation sites excluding steroid dienone is 1. The normalized spacial score (nSPS) is 14.2. The van der Waals surface area contributed by atoms with Gasteiger partial charge in [0.2, 0.25) is 5.88 Å². The number of nitrogens with zero attached hydrogens (tertiary/aromatic N) is 2. The molecule has 0 aliphatic carbocycles. The highest BCUT2D eigenvalue weighted by Crippen LogP contribution is 2.38. The topological polar surface area (TPSA) is 70.4 Å². The van der Waals surface area contributed by atoms with Gasteiger partial charge in [-0.05, 0) is 55.5 Å². The van der Waals surface area contributed by atoms with Crippen molar-refractivity contribution in [3.63, 3.8) is 0 Å². The van der Waals surface area contributed by atoms with E-state index in [0.29, 0.717) is 10.7 Å². The van der Waals surface area contributed by atoms with Crippen LogP contribution in [0.15, 0.2) is 56.7 Å². The molecule has 0 atom stereocenters. The van der Waals surface area contributed by atoms with Gasteiger partial charge in [-0.15, -0.1) is 0 Å². The van der Waals surface area contributed by atoms with E-state index in [1.54, 1.807) is 30.3 Å². The number of aromatic hydroxyl groups is 1. The Morgan fingerprint density at radius 3 is 2.79 bits per heavy atom. The van der Waals surface area contributed by atoms with Gasteiger partial charge in [0.25, 0.3) is 5.56 Å². The zero-order valence-electron chi connectivity index (χ0n) is 14.5. The van der Waals surface area contributed by atoms with Gasteiger partial charge in [0, 0.05) is 21.3 Å². The molecule has 1 aromatic heterocycles. The third-order valence-corrected chi connectivity index (χ3v) is 5.53. The number of para-hydroxylation sites is 1. The first-order chi connectivity index (χ1) is 13.4. The molecule has 0 amide bonds. The highest BCUT2D eigenvalue weighted by atomic mass is 79.9. The number of hydrogen-bond donors (Lipinski definition) is 2. The molecule has 28 heavy (non-hydrogen) atoms. The number of halogens is 2. The average Bonchev–Trinajstić information content (AvgIpc) is 2.94. The molecule has 3 aromatic rings. The second-order valence-electron chi connectivity index (χ2n) is 6.20. The Morgan fingerprint density at radius 1 is 1.29 bits per heavy atom. The number of benzene rings is 2. The molecule has 1 aliphatic heterocycles. The monoisotopic (exact) mass is 473 g/mol. The first-order valence-corrected chi connectivity index (χ1v) is 9.85. The summed E-state index contributed by atoms with van der Waals surface area (Å²) in [5.41, 5.74) is 3.24. The van der Waals surface area contributed by atoms with Gasteiger partial charge in [-0.2, -0.15) is 0 Å². The van der Waals surface area contributed by atoms with Crippen LogP contribution in [0.1, 0.15) is 18.1 Å². The van der Waals surface area contributed by atoms with Crippen LogP contribution in [-0.2, 0) is 0 Å². The van der Waals surface area contributed by atoms with E-state index in [9.17, 15) is 9.90 Å². The largest absolute Gasteiger partial charge is 0.494 e. The maximum atomic E-state index is 12.6. The van der Waals surface area contributed by atoms with Crippen molar-refractivity contribution < 1.29 is 5.11 Å². The number of aromatic amines is 1. The van der Waals surface area contributed by atoms with Crippen molar-refractivity contribution in [3.05, 3.63) is 78.2 Å². The minimum absolute atomic E-state index is 0.0534. The lowest BCUT2D eigenvalue weighted by Gasteiger charge is -2.13. The Morgan fingerprint density at radius 2 is 2.04 bits per heavy atom. The molecule has 0 fully saturated rings. The van der Waals surface area contributed by atoms with Crippen LogP contribution in [0.5, 0.6) is 5.88 Å². The molecule has 140 valence electrons. The molecule has 2 heterocycles. The first-order valence-electron chi connectivity index (χ1n) is 8.27. The first kappa shape index (κ1) is 18.9. The molecule has 0 unspecified atom stereocenters. The van der Waals surface area contributed by atoms with E-state index in [2.05, 4.69) is 25.9 Å². The summed E-state index contributed by atoms with van der Waals surface area (Å²) in [5, 5.41) is 11.3. The number of fused-ring (bicyclic) bond motifs is 1. The van der Waals surface area contributed by atoms with Gasteiger partial charge in [0.05, 0.1) is 16.4 Å². The third kappa shape index (κ3) is 3.15. The van der Waals surface area contributed by atoms with Gasteiger partial charge in [-0.3, -0.25) is 19.3 Å². The Balaban J connectivity index is 1.98. The van der Waals surface area contributed by atoms with Gasteiger partial charge >= 0.3 is 0 Å². The molecule has 4 rings (SSSR count). The van der Waals surface area contributed by atoms with E-state index in [1.807, 2.05) is 25.1 Å². The van der Waals surface area contributed by atoms with Crippen LogP contribution in [-0.4, -0.2) is 20.4 Å². The van der Waals surface area contributed by atoms with Crippen LogP contribution in [0.25, 0.3) is 17.3 Å². The SMILES string of the molecule is CC1=Nc2ccc(Br)cc2C1=Cc1c(O)n(-c2ccccc2Cl)c(=S)[nH]c1=O. The number of H-pyrrole nitrogens is 1. The van der Waals surface area contributed by atoms with Crippen LogP contribution >= 0.6 is 39.7 Å². The molecule has 5 nitrogen and oxygen atoms in total. The minimum atomic E-state index is -0.491. The lowest BCUT2D eigenvalue weighted by molar-refractivity contribution is 0.432. The number of aliphatic imine (C=N–C) groups is 1. The summed E-state index contributed by atoms with van der Waals surface area (Å²) in [4.78, 5) is 19.7. The van der Waals surface area contributed by atoms with Gasteiger partial charge in [-0.25, -0.2) is 0 Å². The predicted octanol–water partition coefficient (Wildman–Crippen LogP) is 5.66. The van der Waals surface area contributed by atoms with Crippen molar-refractivity contribution in [2.24, 2.45) is 4.99 Å². The summed E-state index contributed by atoms with van der Waals surface area (Å²) in [6.07, 6.45) is 1.62. The van der Waals surface area contributed by atoms with Gasteiger partial charge in [-0.1, -0.05) is 39.7 Å². The van der Waals surface area contributed by atoms with Crippen molar-refractivity contribution in [2.45, 2.75) is 6.92 Å². The van der Waals surface area contributed by atoms with Crippen LogP contribution in [0, 0.1) is 4.77 Å². The van der Waals surface area contributed by atoms with Crippen LogP contribution in [0.2, 0.25) is 5.02 Å². The fourth-order valence-corrected chi connectivity index (χ4v) is 3.97. The van der Waals surface area contributed by atoms with Gasteiger partial charge in [0.15, 0.2) is 4.77 Å². The van der Waals surface area contributed by atoms with Crippen molar-refractivity contribution in [2.75, 3.05) is 0 Å². The molecule has 0 saturated carbocycles. The van der Waals surface area contributed by atoms with E-state index < -0.39 is 5.56 Å². The van der Waals surface area contributed by atoms with Crippen molar-refractivity contribution >= 4 is 62.8 Å². The van der Waals surface area contributed by atoms with Gasteiger partial charge in [0.1, 0.15) is 5.56 Å². The quantitative estimate of drug-likeness (QED) is 0.471. The Bertz CT molecular complexity index is 1310. The summed E-state index contributed by atoms with van der Waals surface area (Å²) < 4.78 is 2.29. The molecule has 0 bridgehead atoms. The number of rotatable bonds is 2. The van der Waals surface area contributed by atoms with Crippen LogP contribution in [0.4, 0.5) is 5.69 Å². The molecule has 2 aromatic carbocycles.